The van der Waals surface area contributed by atoms with Crippen LogP contribution in [0, 0.1) is 7.43 Å². The molecule has 0 aliphatic rings. The van der Waals surface area contributed by atoms with E-state index in [2.05, 4.69) is 4.42 Å². The summed E-state index contributed by atoms with van der Waals surface area (Å²) in [6.45, 7) is 0. The fourth-order valence-electron chi connectivity index (χ4n) is 0.374. The van der Waals surface area contributed by atoms with Crippen LogP contribution in [0.3, 0.4) is 0 Å². The van der Waals surface area contributed by atoms with E-state index in [4.69, 9.17) is 5.11 Å². The van der Waals surface area contributed by atoms with Crippen molar-refractivity contribution in [3.63, 3.8) is 0 Å². The van der Waals surface area contributed by atoms with Gasteiger partial charge in [0, 0.05) is 25.5 Å². The first kappa shape index (κ1) is 12.1. The zero-order chi connectivity index (χ0) is 5.98. The maximum absolute atomic E-state index is 10.2. The van der Waals surface area contributed by atoms with Crippen molar-refractivity contribution < 1.29 is 29.0 Å². The summed E-state index contributed by atoms with van der Waals surface area (Å²) in [5.74, 6) is -0.0683. The van der Waals surface area contributed by atoms with Gasteiger partial charge in [0.2, 0.25) is 0 Å². The molecule has 10 heavy (non-hydrogen) atoms. The zero-order valence-corrected chi connectivity index (χ0v) is 8.67. The summed E-state index contributed by atoms with van der Waals surface area (Å²) in [6, 6.07) is 2.29. The molecule has 0 amide bonds. The van der Waals surface area contributed by atoms with Gasteiger partial charge in [0.05, 0.1) is 12.3 Å². The van der Waals surface area contributed by atoms with E-state index in [1.165, 1.54) is 6.07 Å². The molecule has 0 atom stereocenters. The molecule has 0 spiro atoms. The van der Waals surface area contributed by atoms with Crippen molar-refractivity contribution in [3.8, 4) is 5.75 Å². The minimum absolute atomic E-state index is 0. The molecule has 1 rings (SSSR count). The first-order valence-electron chi connectivity index (χ1n) is 2.07. The fraction of sp³-hybridized carbons (Fsp3) is 0. The molecule has 0 aliphatic carbocycles. The third-order valence-corrected chi connectivity index (χ3v) is 0.689. The molecule has 1 aromatic rings. The standard InChI is InChI=1S/C5H4O3.CH3.Zn/c6-4-1-2-8-5(7)3-4;;/h1-3,6H;1H3;/q;-1;. The van der Waals surface area contributed by atoms with Crippen molar-refractivity contribution in [2.45, 2.75) is 0 Å². The molecule has 0 unspecified atom stereocenters. The Hall–Kier alpha value is -0.627. The Morgan fingerprint density at radius 3 is 2.40 bits per heavy atom. The zero-order valence-electron chi connectivity index (χ0n) is 5.70. The molecule has 1 aromatic heterocycles. The second kappa shape index (κ2) is 5.18. The first-order valence-corrected chi connectivity index (χ1v) is 2.07. The predicted molar refractivity (Wildman–Crippen MR) is 33.1 cm³/mol. The van der Waals surface area contributed by atoms with E-state index in [-0.39, 0.29) is 32.7 Å². The van der Waals surface area contributed by atoms with Crippen LogP contribution in [0.2, 0.25) is 0 Å². The summed E-state index contributed by atoms with van der Waals surface area (Å²) in [6.07, 6.45) is 1.14. The van der Waals surface area contributed by atoms with Gasteiger partial charge >= 0.3 is 5.63 Å². The Morgan fingerprint density at radius 1 is 1.50 bits per heavy atom. The van der Waals surface area contributed by atoms with Gasteiger partial charge in [-0.05, 0) is 0 Å². The molecule has 0 saturated heterocycles. The molecule has 0 aromatic carbocycles. The molecule has 52 valence electrons. The van der Waals surface area contributed by atoms with Crippen molar-refractivity contribution >= 4 is 0 Å². The summed E-state index contributed by atoms with van der Waals surface area (Å²) >= 11 is 0. The first-order chi connectivity index (χ1) is 3.79. The van der Waals surface area contributed by atoms with Gasteiger partial charge in [-0.25, -0.2) is 4.79 Å². The van der Waals surface area contributed by atoms with Crippen LogP contribution in [0.4, 0.5) is 0 Å². The third-order valence-electron chi connectivity index (χ3n) is 0.689. The third kappa shape index (κ3) is 3.41. The summed E-state index contributed by atoms with van der Waals surface area (Å²) in [5, 5.41) is 8.55. The number of aromatic hydroxyl groups is 1. The summed E-state index contributed by atoms with van der Waals surface area (Å²) in [4.78, 5) is 10.2. The topological polar surface area (TPSA) is 50.4 Å². The van der Waals surface area contributed by atoms with E-state index in [0.29, 0.717) is 0 Å². The number of hydrogen-bond acceptors (Lipinski definition) is 3. The molecule has 1 N–H and O–H groups in total. The normalized spacial score (nSPS) is 7.20. The quantitative estimate of drug-likeness (QED) is 0.489. The molecular weight excluding hydrogens is 185 g/mol. The van der Waals surface area contributed by atoms with E-state index in [1.54, 1.807) is 0 Å². The van der Waals surface area contributed by atoms with Crippen LogP contribution in [-0.4, -0.2) is 5.11 Å². The van der Waals surface area contributed by atoms with E-state index < -0.39 is 5.63 Å². The molecule has 0 saturated carbocycles. The number of hydrogen-bond donors (Lipinski definition) is 1. The average molecular weight is 193 g/mol. The molecule has 0 bridgehead atoms. The minimum Gasteiger partial charge on any atom is -0.508 e. The van der Waals surface area contributed by atoms with Crippen molar-refractivity contribution in [1.82, 2.24) is 0 Å². The van der Waals surface area contributed by atoms with Gasteiger partial charge in [0.15, 0.2) is 0 Å². The van der Waals surface area contributed by atoms with Crippen molar-refractivity contribution in [1.29, 1.82) is 0 Å². The monoisotopic (exact) mass is 191 g/mol. The smallest absolute Gasteiger partial charge is 0.339 e. The second-order valence-corrected chi connectivity index (χ2v) is 1.31. The molecular formula is C6H7O3Zn-. The van der Waals surface area contributed by atoms with Crippen molar-refractivity contribution in [3.05, 3.63) is 36.2 Å². The van der Waals surface area contributed by atoms with Gasteiger partial charge in [-0.15, -0.1) is 0 Å². The van der Waals surface area contributed by atoms with Crippen LogP contribution in [0.1, 0.15) is 0 Å². The van der Waals surface area contributed by atoms with Crippen LogP contribution in [0.5, 0.6) is 5.75 Å². The average Bonchev–Trinajstić information content (AvgIpc) is 1.64. The Kier molecular flexibility index (Phi) is 6.26. The minimum atomic E-state index is -0.537. The molecule has 0 fully saturated rings. The van der Waals surface area contributed by atoms with Gasteiger partial charge in [0.25, 0.3) is 0 Å². The van der Waals surface area contributed by atoms with E-state index in [0.717, 1.165) is 12.3 Å². The van der Waals surface area contributed by atoms with Crippen molar-refractivity contribution in [2.75, 3.05) is 0 Å². The van der Waals surface area contributed by atoms with Gasteiger partial charge < -0.3 is 17.0 Å². The fourth-order valence-corrected chi connectivity index (χ4v) is 0.374. The van der Waals surface area contributed by atoms with E-state index >= 15 is 0 Å². The van der Waals surface area contributed by atoms with Crippen LogP contribution in [0.15, 0.2) is 27.6 Å². The van der Waals surface area contributed by atoms with Crippen LogP contribution >= 0.6 is 0 Å². The predicted octanol–water partition coefficient (Wildman–Crippen LogP) is 0.793. The Morgan fingerprint density at radius 2 is 2.10 bits per heavy atom. The SMILES string of the molecule is O=c1cc(O)cco1.[CH3-].[Zn]. The van der Waals surface area contributed by atoms with Crippen LogP contribution < -0.4 is 5.63 Å². The van der Waals surface area contributed by atoms with E-state index in [1.807, 2.05) is 0 Å². The largest absolute Gasteiger partial charge is 0.508 e. The van der Waals surface area contributed by atoms with Crippen LogP contribution in [-0.2, 0) is 19.5 Å². The van der Waals surface area contributed by atoms with Gasteiger partial charge in [0.1, 0.15) is 5.75 Å². The summed E-state index contributed by atoms with van der Waals surface area (Å²) < 4.78 is 4.29. The second-order valence-electron chi connectivity index (χ2n) is 1.31. The maximum Gasteiger partial charge on any atom is 0.339 e. The summed E-state index contributed by atoms with van der Waals surface area (Å²) in [5.41, 5.74) is -0.537. The maximum atomic E-state index is 10.2. The number of rotatable bonds is 0. The summed E-state index contributed by atoms with van der Waals surface area (Å²) in [7, 11) is 0. The van der Waals surface area contributed by atoms with Gasteiger partial charge in [-0.1, -0.05) is 0 Å². The van der Waals surface area contributed by atoms with Crippen LogP contribution in [0.25, 0.3) is 0 Å². The van der Waals surface area contributed by atoms with Gasteiger partial charge in [-0.3, -0.25) is 0 Å². The Bertz CT molecular complexity index is 230. The molecule has 1 heterocycles. The Labute approximate surface area is 71.4 Å². The molecule has 0 radical (unpaired) electrons. The van der Waals surface area contributed by atoms with Gasteiger partial charge in [-0.2, -0.15) is 0 Å². The molecule has 3 nitrogen and oxygen atoms in total. The van der Waals surface area contributed by atoms with Crippen molar-refractivity contribution in [2.24, 2.45) is 0 Å². The molecule has 0 aliphatic heterocycles. The Balaban J connectivity index is 0. The molecule has 4 heteroatoms. The van der Waals surface area contributed by atoms with E-state index in [9.17, 15) is 4.79 Å².